The number of thiophene rings is 1. The molecule has 0 unspecified atom stereocenters. The zero-order chi connectivity index (χ0) is 17.8. The van der Waals surface area contributed by atoms with Gasteiger partial charge >= 0.3 is 0 Å². The lowest BCUT2D eigenvalue weighted by molar-refractivity contribution is 0.224. The third kappa shape index (κ3) is 4.00. The van der Waals surface area contributed by atoms with E-state index in [2.05, 4.69) is 44.4 Å². The summed E-state index contributed by atoms with van der Waals surface area (Å²) in [7, 11) is 0. The SMILES string of the molecule is Cc1ccc(OCCCN2CCN(c3cccc4sccc34)CC2)cn1. The van der Waals surface area contributed by atoms with Gasteiger partial charge in [-0.25, -0.2) is 0 Å². The highest BCUT2D eigenvalue weighted by Crippen LogP contribution is 2.31. The Bertz CT molecular complexity index is 838. The van der Waals surface area contributed by atoms with Crippen LogP contribution in [0.25, 0.3) is 10.1 Å². The van der Waals surface area contributed by atoms with Crippen LogP contribution in [0, 0.1) is 6.92 Å². The number of rotatable bonds is 6. The number of hydrogen-bond acceptors (Lipinski definition) is 5. The molecule has 1 aliphatic rings. The van der Waals surface area contributed by atoms with Gasteiger partial charge in [0.15, 0.2) is 0 Å². The Labute approximate surface area is 159 Å². The molecule has 0 radical (unpaired) electrons. The molecule has 0 bridgehead atoms. The maximum absolute atomic E-state index is 5.78. The average Bonchev–Trinajstić information content (AvgIpc) is 3.16. The second kappa shape index (κ2) is 8.06. The molecule has 26 heavy (non-hydrogen) atoms. The number of nitrogens with zero attached hydrogens (tertiary/aromatic N) is 3. The van der Waals surface area contributed by atoms with Gasteiger partial charge in [0, 0.05) is 54.2 Å². The van der Waals surface area contributed by atoms with E-state index >= 15 is 0 Å². The van der Waals surface area contributed by atoms with Crippen molar-refractivity contribution in [1.82, 2.24) is 9.88 Å². The van der Waals surface area contributed by atoms with Gasteiger partial charge in [-0.2, -0.15) is 0 Å². The average molecular weight is 368 g/mol. The van der Waals surface area contributed by atoms with Crippen molar-refractivity contribution < 1.29 is 4.74 Å². The maximum atomic E-state index is 5.78. The van der Waals surface area contributed by atoms with Gasteiger partial charge in [0.2, 0.25) is 0 Å². The number of hydrogen-bond donors (Lipinski definition) is 0. The van der Waals surface area contributed by atoms with Gasteiger partial charge in [-0.05, 0) is 49.1 Å². The highest BCUT2D eigenvalue weighted by atomic mass is 32.1. The highest BCUT2D eigenvalue weighted by Gasteiger charge is 2.18. The lowest BCUT2D eigenvalue weighted by Crippen LogP contribution is -2.46. The number of piperazine rings is 1. The second-order valence-electron chi connectivity index (χ2n) is 6.78. The fourth-order valence-electron chi connectivity index (χ4n) is 3.48. The summed E-state index contributed by atoms with van der Waals surface area (Å²) in [5.41, 5.74) is 2.41. The Morgan fingerprint density at radius 3 is 2.77 bits per heavy atom. The van der Waals surface area contributed by atoms with Crippen molar-refractivity contribution in [2.45, 2.75) is 13.3 Å². The Morgan fingerprint density at radius 1 is 1.08 bits per heavy atom. The van der Waals surface area contributed by atoms with E-state index in [1.165, 1.54) is 15.8 Å². The molecule has 1 aromatic carbocycles. The van der Waals surface area contributed by atoms with E-state index in [1.807, 2.05) is 30.4 Å². The minimum atomic E-state index is 0.749. The van der Waals surface area contributed by atoms with Crippen LogP contribution in [0.3, 0.4) is 0 Å². The summed E-state index contributed by atoms with van der Waals surface area (Å²) in [4.78, 5) is 9.33. The molecule has 1 saturated heterocycles. The molecule has 0 aliphatic carbocycles. The quantitative estimate of drug-likeness (QED) is 0.611. The molecule has 4 nitrogen and oxygen atoms in total. The van der Waals surface area contributed by atoms with E-state index in [1.54, 1.807) is 6.20 Å². The van der Waals surface area contributed by atoms with Crippen molar-refractivity contribution >= 4 is 27.1 Å². The third-order valence-corrected chi connectivity index (χ3v) is 5.84. The van der Waals surface area contributed by atoms with Crippen LogP contribution in [0.2, 0.25) is 0 Å². The number of aromatic nitrogens is 1. The normalized spacial score (nSPS) is 15.5. The van der Waals surface area contributed by atoms with Crippen LogP contribution in [0.15, 0.2) is 48.0 Å². The Hall–Kier alpha value is -2.11. The van der Waals surface area contributed by atoms with Gasteiger partial charge in [-0.1, -0.05) is 6.07 Å². The molecule has 0 amide bonds. The molecular weight excluding hydrogens is 342 g/mol. The molecule has 3 heterocycles. The number of benzene rings is 1. The summed E-state index contributed by atoms with van der Waals surface area (Å²) in [5, 5.41) is 3.58. The van der Waals surface area contributed by atoms with E-state index < -0.39 is 0 Å². The molecule has 1 aliphatic heterocycles. The minimum Gasteiger partial charge on any atom is -0.492 e. The summed E-state index contributed by atoms with van der Waals surface area (Å²) in [6, 6.07) is 12.9. The van der Waals surface area contributed by atoms with Gasteiger partial charge in [0.1, 0.15) is 5.75 Å². The molecule has 3 aromatic rings. The van der Waals surface area contributed by atoms with Crippen LogP contribution in [-0.2, 0) is 0 Å². The predicted molar refractivity (Wildman–Crippen MR) is 110 cm³/mol. The Morgan fingerprint density at radius 2 is 1.96 bits per heavy atom. The largest absolute Gasteiger partial charge is 0.492 e. The zero-order valence-electron chi connectivity index (χ0n) is 15.2. The van der Waals surface area contributed by atoms with Crippen molar-refractivity contribution in [2.24, 2.45) is 0 Å². The molecule has 5 heteroatoms. The number of fused-ring (bicyclic) bond motifs is 1. The van der Waals surface area contributed by atoms with Gasteiger partial charge in [-0.3, -0.25) is 9.88 Å². The molecule has 0 atom stereocenters. The summed E-state index contributed by atoms with van der Waals surface area (Å²) >= 11 is 1.82. The van der Waals surface area contributed by atoms with Crippen molar-refractivity contribution in [3.8, 4) is 5.75 Å². The number of anilines is 1. The van der Waals surface area contributed by atoms with Crippen LogP contribution in [-0.4, -0.2) is 49.2 Å². The van der Waals surface area contributed by atoms with Crippen LogP contribution in [0.4, 0.5) is 5.69 Å². The van der Waals surface area contributed by atoms with Crippen molar-refractivity contribution in [3.63, 3.8) is 0 Å². The predicted octanol–water partition coefficient (Wildman–Crippen LogP) is 4.20. The molecule has 0 saturated carbocycles. The van der Waals surface area contributed by atoms with Gasteiger partial charge in [-0.15, -0.1) is 11.3 Å². The second-order valence-corrected chi connectivity index (χ2v) is 7.72. The van der Waals surface area contributed by atoms with Gasteiger partial charge in [0.25, 0.3) is 0 Å². The Balaban J connectivity index is 1.22. The standard InChI is InChI=1S/C21H25N3OS/c1-17-6-7-18(16-22-17)25-14-3-9-23-10-12-24(13-11-23)20-4-2-5-21-19(20)8-15-26-21/h2,4-8,15-16H,3,9-14H2,1H3. The molecule has 0 N–H and O–H groups in total. The number of aryl methyl sites for hydroxylation is 1. The van der Waals surface area contributed by atoms with Crippen LogP contribution < -0.4 is 9.64 Å². The summed E-state index contributed by atoms with van der Waals surface area (Å²) in [5.74, 6) is 0.865. The molecule has 0 spiro atoms. The number of ether oxygens (including phenoxy) is 1. The lowest BCUT2D eigenvalue weighted by Gasteiger charge is -2.36. The molecule has 4 rings (SSSR count). The van der Waals surface area contributed by atoms with Crippen molar-refractivity contribution in [1.29, 1.82) is 0 Å². The van der Waals surface area contributed by atoms with E-state index in [0.717, 1.165) is 57.2 Å². The molecule has 1 fully saturated rings. The Kier molecular flexibility index (Phi) is 5.37. The van der Waals surface area contributed by atoms with Crippen LogP contribution in [0.1, 0.15) is 12.1 Å². The maximum Gasteiger partial charge on any atom is 0.137 e. The van der Waals surface area contributed by atoms with Crippen molar-refractivity contribution in [3.05, 3.63) is 53.7 Å². The molecule has 136 valence electrons. The minimum absolute atomic E-state index is 0.749. The topological polar surface area (TPSA) is 28.6 Å². The summed E-state index contributed by atoms with van der Waals surface area (Å²) in [6.07, 6.45) is 2.85. The lowest BCUT2D eigenvalue weighted by atomic mass is 10.2. The first-order valence-corrected chi connectivity index (χ1v) is 10.2. The van der Waals surface area contributed by atoms with E-state index in [9.17, 15) is 0 Å². The monoisotopic (exact) mass is 367 g/mol. The molecular formula is C21H25N3OS. The van der Waals surface area contributed by atoms with Gasteiger partial charge in [0.05, 0.1) is 12.8 Å². The fourth-order valence-corrected chi connectivity index (χ4v) is 4.29. The van der Waals surface area contributed by atoms with Crippen molar-refractivity contribution in [2.75, 3.05) is 44.2 Å². The first-order valence-electron chi connectivity index (χ1n) is 9.28. The summed E-state index contributed by atoms with van der Waals surface area (Å²) in [6.45, 7) is 8.26. The first-order chi connectivity index (χ1) is 12.8. The van der Waals surface area contributed by atoms with E-state index in [-0.39, 0.29) is 0 Å². The van der Waals surface area contributed by atoms with Crippen LogP contribution in [0.5, 0.6) is 5.75 Å². The van der Waals surface area contributed by atoms with E-state index in [0.29, 0.717) is 0 Å². The zero-order valence-corrected chi connectivity index (χ0v) is 16.0. The van der Waals surface area contributed by atoms with Gasteiger partial charge < -0.3 is 9.64 Å². The first kappa shape index (κ1) is 17.3. The smallest absolute Gasteiger partial charge is 0.137 e. The fraction of sp³-hybridized carbons (Fsp3) is 0.381. The van der Waals surface area contributed by atoms with E-state index in [4.69, 9.17) is 4.74 Å². The van der Waals surface area contributed by atoms with Crippen LogP contribution >= 0.6 is 11.3 Å². The third-order valence-electron chi connectivity index (χ3n) is 4.96. The highest BCUT2D eigenvalue weighted by molar-refractivity contribution is 7.17. The number of pyridine rings is 1. The molecule has 2 aromatic heterocycles. The summed E-state index contributed by atoms with van der Waals surface area (Å²) < 4.78 is 7.17.